The zero-order valence-corrected chi connectivity index (χ0v) is 14.4. The first kappa shape index (κ1) is 15.7. The maximum atomic E-state index is 6.03. The Bertz CT molecular complexity index is 553. The van der Waals surface area contributed by atoms with E-state index in [1.807, 2.05) is 0 Å². The highest BCUT2D eigenvalue weighted by Gasteiger charge is 2.20. The average Bonchev–Trinajstić information content (AvgIpc) is 2.87. The number of hydrogen-bond donors (Lipinski definition) is 1. The number of rotatable bonds is 6. The first-order chi connectivity index (χ1) is 9.65. The summed E-state index contributed by atoms with van der Waals surface area (Å²) < 4.78 is 1.14. The summed E-state index contributed by atoms with van der Waals surface area (Å²) in [5, 5.41) is 2.12. The molecule has 0 saturated carbocycles. The Hall–Kier alpha value is -0.680. The van der Waals surface area contributed by atoms with E-state index < -0.39 is 0 Å². The molecule has 0 fully saturated rings. The van der Waals surface area contributed by atoms with Gasteiger partial charge in [0, 0.05) is 27.8 Å². The third-order valence-electron chi connectivity index (χ3n) is 3.62. The standard InChI is InChI=1S/C16H21BrN2S/c1-3-19(10-13-7-5-4-6-12(13)2)15(9-18)16-8-14(17)11-20-16/h4-8,11,15H,3,9-10,18H2,1-2H3. The summed E-state index contributed by atoms with van der Waals surface area (Å²) in [7, 11) is 0. The number of likely N-dealkylation sites (N-methyl/N-ethyl adjacent to an activating group) is 1. The van der Waals surface area contributed by atoms with Gasteiger partial charge in [0.05, 0.1) is 6.04 Å². The zero-order chi connectivity index (χ0) is 14.5. The molecule has 2 rings (SSSR count). The molecule has 20 heavy (non-hydrogen) atoms. The van der Waals surface area contributed by atoms with E-state index >= 15 is 0 Å². The van der Waals surface area contributed by atoms with Gasteiger partial charge >= 0.3 is 0 Å². The van der Waals surface area contributed by atoms with Gasteiger partial charge < -0.3 is 5.73 Å². The molecule has 1 heterocycles. The average molecular weight is 353 g/mol. The summed E-state index contributed by atoms with van der Waals surface area (Å²) in [6.45, 7) is 6.95. The van der Waals surface area contributed by atoms with E-state index in [9.17, 15) is 0 Å². The Morgan fingerprint density at radius 1 is 1.35 bits per heavy atom. The van der Waals surface area contributed by atoms with Gasteiger partial charge in [0.15, 0.2) is 0 Å². The second-order valence-corrected chi connectivity index (χ2v) is 6.77. The van der Waals surface area contributed by atoms with Gasteiger partial charge in [-0.2, -0.15) is 0 Å². The number of nitrogens with zero attached hydrogens (tertiary/aromatic N) is 1. The van der Waals surface area contributed by atoms with Crippen molar-refractivity contribution in [3.8, 4) is 0 Å². The minimum atomic E-state index is 0.288. The van der Waals surface area contributed by atoms with Crippen LogP contribution in [0.2, 0.25) is 0 Å². The number of thiophene rings is 1. The molecule has 1 aromatic heterocycles. The van der Waals surface area contributed by atoms with Crippen LogP contribution in [0.4, 0.5) is 0 Å². The molecule has 0 aliphatic heterocycles. The van der Waals surface area contributed by atoms with Crippen molar-refractivity contribution in [3.05, 3.63) is 56.2 Å². The summed E-state index contributed by atoms with van der Waals surface area (Å²) in [4.78, 5) is 3.77. The molecule has 1 aromatic carbocycles. The second kappa shape index (κ2) is 7.36. The Kier molecular flexibility index (Phi) is 5.78. The van der Waals surface area contributed by atoms with Gasteiger partial charge in [-0.05, 0) is 46.6 Å². The SMILES string of the molecule is CCN(Cc1ccccc1C)C(CN)c1cc(Br)cs1. The maximum Gasteiger partial charge on any atom is 0.0567 e. The largest absolute Gasteiger partial charge is 0.329 e. The molecule has 2 aromatic rings. The molecular formula is C16H21BrN2S. The minimum Gasteiger partial charge on any atom is -0.329 e. The molecule has 1 atom stereocenters. The Balaban J connectivity index is 2.20. The lowest BCUT2D eigenvalue weighted by Crippen LogP contribution is -2.33. The molecule has 0 aliphatic carbocycles. The fourth-order valence-electron chi connectivity index (χ4n) is 2.40. The first-order valence-corrected chi connectivity index (χ1v) is 8.55. The van der Waals surface area contributed by atoms with Crippen LogP contribution in [0.25, 0.3) is 0 Å². The normalized spacial score (nSPS) is 12.8. The predicted molar refractivity (Wildman–Crippen MR) is 91.1 cm³/mol. The van der Waals surface area contributed by atoms with Crippen LogP contribution in [0, 0.1) is 6.92 Å². The summed E-state index contributed by atoms with van der Waals surface area (Å²) in [5.41, 5.74) is 8.75. The molecular weight excluding hydrogens is 332 g/mol. The van der Waals surface area contributed by atoms with Crippen molar-refractivity contribution < 1.29 is 0 Å². The molecule has 0 bridgehead atoms. The summed E-state index contributed by atoms with van der Waals surface area (Å²) in [5.74, 6) is 0. The zero-order valence-electron chi connectivity index (χ0n) is 12.0. The minimum absolute atomic E-state index is 0.288. The molecule has 0 amide bonds. The molecule has 2 N–H and O–H groups in total. The third kappa shape index (κ3) is 3.70. The van der Waals surface area contributed by atoms with Crippen molar-refractivity contribution in [2.75, 3.05) is 13.1 Å². The molecule has 0 aliphatic rings. The van der Waals surface area contributed by atoms with Crippen LogP contribution < -0.4 is 5.73 Å². The van der Waals surface area contributed by atoms with Gasteiger partial charge in [-0.3, -0.25) is 4.90 Å². The molecule has 4 heteroatoms. The second-order valence-electron chi connectivity index (χ2n) is 4.91. The fraction of sp³-hybridized carbons (Fsp3) is 0.375. The maximum absolute atomic E-state index is 6.03. The van der Waals surface area contributed by atoms with Crippen molar-refractivity contribution in [2.45, 2.75) is 26.4 Å². The molecule has 0 saturated heterocycles. The Morgan fingerprint density at radius 3 is 2.65 bits per heavy atom. The van der Waals surface area contributed by atoms with Crippen LogP contribution in [0.5, 0.6) is 0 Å². The highest BCUT2D eigenvalue weighted by Crippen LogP contribution is 2.30. The van der Waals surface area contributed by atoms with Crippen molar-refractivity contribution >= 4 is 27.3 Å². The quantitative estimate of drug-likeness (QED) is 0.837. The van der Waals surface area contributed by atoms with Gasteiger partial charge in [0.1, 0.15) is 0 Å². The van der Waals surface area contributed by atoms with E-state index in [1.54, 1.807) is 11.3 Å². The topological polar surface area (TPSA) is 29.3 Å². The Labute approximate surface area is 133 Å². The van der Waals surface area contributed by atoms with Crippen molar-refractivity contribution in [1.82, 2.24) is 4.90 Å². The Morgan fingerprint density at radius 2 is 2.10 bits per heavy atom. The van der Waals surface area contributed by atoms with E-state index in [0.29, 0.717) is 6.54 Å². The van der Waals surface area contributed by atoms with Gasteiger partial charge in [-0.15, -0.1) is 11.3 Å². The first-order valence-electron chi connectivity index (χ1n) is 6.88. The van der Waals surface area contributed by atoms with Crippen LogP contribution in [0.1, 0.15) is 29.0 Å². The van der Waals surface area contributed by atoms with Crippen LogP contribution in [-0.4, -0.2) is 18.0 Å². The lowest BCUT2D eigenvalue weighted by Gasteiger charge is -2.29. The molecule has 0 radical (unpaired) electrons. The van der Waals surface area contributed by atoms with Gasteiger partial charge in [0.25, 0.3) is 0 Å². The predicted octanol–water partition coefficient (Wildman–Crippen LogP) is 4.34. The lowest BCUT2D eigenvalue weighted by atomic mass is 10.1. The lowest BCUT2D eigenvalue weighted by molar-refractivity contribution is 0.206. The molecule has 0 spiro atoms. The highest BCUT2D eigenvalue weighted by molar-refractivity contribution is 9.10. The van der Waals surface area contributed by atoms with Crippen LogP contribution in [-0.2, 0) is 6.54 Å². The molecule has 108 valence electrons. The van der Waals surface area contributed by atoms with Crippen LogP contribution in [0.3, 0.4) is 0 Å². The monoisotopic (exact) mass is 352 g/mol. The van der Waals surface area contributed by atoms with Gasteiger partial charge in [-0.1, -0.05) is 31.2 Å². The number of nitrogens with two attached hydrogens (primary N) is 1. The number of halogens is 1. The van der Waals surface area contributed by atoms with Gasteiger partial charge in [-0.25, -0.2) is 0 Å². The number of aryl methyl sites for hydroxylation is 1. The number of benzene rings is 1. The van der Waals surface area contributed by atoms with E-state index in [4.69, 9.17) is 5.73 Å². The van der Waals surface area contributed by atoms with E-state index in [-0.39, 0.29) is 6.04 Å². The van der Waals surface area contributed by atoms with Crippen molar-refractivity contribution in [3.63, 3.8) is 0 Å². The third-order valence-corrected chi connectivity index (χ3v) is 5.42. The van der Waals surface area contributed by atoms with E-state index in [1.165, 1.54) is 16.0 Å². The summed E-state index contributed by atoms with van der Waals surface area (Å²) in [6, 6.07) is 11.0. The summed E-state index contributed by atoms with van der Waals surface area (Å²) >= 11 is 5.30. The van der Waals surface area contributed by atoms with Crippen LogP contribution in [0.15, 0.2) is 40.2 Å². The summed E-state index contributed by atoms with van der Waals surface area (Å²) in [6.07, 6.45) is 0. The van der Waals surface area contributed by atoms with Gasteiger partial charge in [0.2, 0.25) is 0 Å². The molecule has 2 nitrogen and oxygen atoms in total. The van der Waals surface area contributed by atoms with E-state index in [0.717, 1.165) is 17.6 Å². The van der Waals surface area contributed by atoms with Crippen molar-refractivity contribution in [1.29, 1.82) is 0 Å². The van der Waals surface area contributed by atoms with Crippen LogP contribution >= 0.6 is 27.3 Å². The highest BCUT2D eigenvalue weighted by atomic mass is 79.9. The van der Waals surface area contributed by atoms with Crippen molar-refractivity contribution in [2.24, 2.45) is 5.73 Å². The van der Waals surface area contributed by atoms with E-state index in [2.05, 4.69) is 70.4 Å². The fourth-order valence-corrected chi connectivity index (χ4v) is 3.99. The smallest absolute Gasteiger partial charge is 0.0567 e. The molecule has 1 unspecified atom stereocenters. The number of hydrogen-bond acceptors (Lipinski definition) is 3.